The molecular weight excluding hydrogens is 262 g/mol. The third-order valence-electron chi connectivity index (χ3n) is 3.41. The number of hydrazine groups is 1. The van der Waals surface area contributed by atoms with Gasteiger partial charge in [-0.1, -0.05) is 42.5 Å². The van der Waals surface area contributed by atoms with E-state index in [1.807, 2.05) is 35.3 Å². The van der Waals surface area contributed by atoms with Gasteiger partial charge in [-0.05, 0) is 18.4 Å². The van der Waals surface area contributed by atoms with E-state index in [1.54, 1.807) is 0 Å². The van der Waals surface area contributed by atoms with Crippen LogP contribution >= 0.6 is 24.8 Å². The molecule has 5 heteroatoms. The molecule has 0 aromatic heterocycles. The molecule has 0 atom stereocenters. The maximum atomic E-state index is 9.53. The normalized spacial score (nSPS) is 18.9. The molecule has 1 aliphatic rings. The van der Waals surface area contributed by atoms with Gasteiger partial charge in [0.2, 0.25) is 0 Å². The maximum Gasteiger partial charge on any atom is 0.145 e. The standard InChI is InChI=1S/C13H15N3S2/c14-10-13(11-4-2-1-3-5-11)6-8-16(9-7-13)15-12(17)18/h1-5H,6-9H2,(H2,15,17,18). The number of nitriles is 1. The Kier molecular flexibility index (Phi) is 4.23. The highest BCUT2D eigenvalue weighted by Crippen LogP contribution is 2.34. The summed E-state index contributed by atoms with van der Waals surface area (Å²) in [5.41, 5.74) is 3.76. The number of hydrogen-bond acceptors (Lipinski definition) is 3. The van der Waals surface area contributed by atoms with Crippen LogP contribution in [0.1, 0.15) is 18.4 Å². The van der Waals surface area contributed by atoms with Gasteiger partial charge in [0.05, 0.1) is 11.5 Å². The zero-order valence-electron chi connectivity index (χ0n) is 9.97. The summed E-state index contributed by atoms with van der Waals surface area (Å²) in [6, 6.07) is 12.5. The van der Waals surface area contributed by atoms with E-state index >= 15 is 0 Å². The Labute approximate surface area is 118 Å². The van der Waals surface area contributed by atoms with Gasteiger partial charge in [0.1, 0.15) is 4.32 Å². The number of thiol groups is 1. The molecule has 0 saturated carbocycles. The van der Waals surface area contributed by atoms with Crippen LogP contribution in [0, 0.1) is 11.3 Å². The minimum Gasteiger partial charge on any atom is -0.304 e. The molecule has 1 heterocycles. The van der Waals surface area contributed by atoms with Crippen LogP contribution in [-0.4, -0.2) is 22.4 Å². The number of thiocarbonyl (C=S) groups is 1. The molecule has 2 rings (SSSR count). The van der Waals surface area contributed by atoms with Crippen molar-refractivity contribution in [3.05, 3.63) is 35.9 Å². The average Bonchev–Trinajstić information content (AvgIpc) is 2.40. The molecule has 18 heavy (non-hydrogen) atoms. The zero-order valence-corrected chi connectivity index (χ0v) is 11.7. The summed E-state index contributed by atoms with van der Waals surface area (Å²) in [6.07, 6.45) is 1.60. The molecule has 3 nitrogen and oxygen atoms in total. The van der Waals surface area contributed by atoms with E-state index in [0.717, 1.165) is 31.5 Å². The Morgan fingerprint density at radius 1 is 1.33 bits per heavy atom. The minimum absolute atomic E-state index is 0.363. The zero-order chi connectivity index (χ0) is 13.0. The molecule has 0 radical (unpaired) electrons. The first-order valence-electron chi connectivity index (χ1n) is 5.88. The van der Waals surface area contributed by atoms with Crippen LogP contribution in [0.5, 0.6) is 0 Å². The third kappa shape index (κ3) is 2.83. The first-order chi connectivity index (χ1) is 8.66. The van der Waals surface area contributed by atoms with Gasteiger partial charge in [-0.25, -0.2) is 5.01 Å². The second-order valence-electron chi connectivity index (χ2n) is 4.46. The maximum absolute atomic E-state index is 9.53. The van der Waals surface area contributed by atoms with E-state index in [1.165, 1.54) is 0 Å². The second-order valence-corrected chi connectivity index (χ2v) is 5.62. The quantitative estimate of drug-likeness (QED) is 0.642. The molecule has 0 unspecified atom stereocenters. The van der Waals surface area contributed by atoms with Crippen LogP contribution in [0.25, 0.3) is 0 Å². The fourth-order valence-corrected chi connectivity index (χ4v) is 2.63. The first-order valence-corrected chi connectivity index (χ1v) is 6.73. The SMILES string of the molecule is N#CC1(c2ccccc2)CCN(NC(=S)S)CC1. The van der Waals surface area contributed by atoms with Crippen LogP contribution in [-0.2, 0) is 5.41 Å². The van der Waals surface area contributed by atoms with Crippen molar-refractivity contribution < 1.29 is 0 Å². The summed E-state index contributed by atoms with van der Waals surface area (Å²) in [6.45, 7) is 1.59. The number of piperidine rings is 1. The molecule has 1 aliphatic heterocycles. The van der Waals surface area contributed by atoms with Crippen LogP contribution in [0.3, 0.4) is 0 Å². The van der Waals surface area contributed by atoms with Gasteiger partial charge >= 0.3 is 0 Å². The minimum atomic E-state index is -0.363. The molecule has 1 saturated heterocycles. The van der Waals surface area contributed by atoms with Gasteiger partial charge in [-0.2, -0.15) is 5.26 Å². The summed E-state index contributed by atoms with van der Waals surface area (Å²) in [5, 5.41) is 11.6. The smallest absolute Gasteiger partial charge is 0.145 e. The van der Waals surface area contributed by atoms with E-state index in [2.05, 4.69) is 24.1 Å². The summed E-state index contributed by atoms with van der Waals surface area (Å²) in [5.74, 6) is 0. The molecule has 0 bridgehead atoms. The molecule has 1 aromatic rings. The number of rotatable bonds is 2. The molecule has 1 aromatic carbocycles. The summed E-state index contributed by atoms with van der Waals surface area (Å²) in [7, 11) is 0. The van der Waals surface area contributed by atoms with Crippen LogP contribution in [0.15, 0.2) is 30.3 Å². The molecule has 0 amide bonds. The summed E-state index contributed by atoms with van der Waals surface area (Å²) < 4.78 is 0.471. The van der Waals surface area contributed by atoms with Crippen LogP contribution in [0.2, 0.25) is 0 Å². The fourth-order valence-electron chi connectivity index (χ4n) is 2.36. The van der Waals surface area contributed by atoms with Gasteiger partial charge in [0, 0.05) is 13.1 Å². The Morgan fingerprint density at radius 2 is 1.94 bits per heavy atom. The van der Waals surface area contributed by atoms with Crippen molar-refractivity contribution in [1.82, 2.24) is 10.4 Å². The number of benzene rings is 1. The molecule has 0 aliphatic carbocycles. The fraction of sp³-hybridized carbons (Fsp3) is 0.385. The van der Waals surface area contributed by atoms with E-state index in [9.17, 15) is 5.26 Å². The van der Waals surface area contributed by atoms with Gasteiger partial charge in [0.25, 0.3) is 0 Å². The van der Waals surface area contributed by atoms with Crippen LogP contribution in [0.4, 0.5) is 0 Å². The lowest BCUT2D eigenvalue weighted by atomic mass is 9.74. The number of nitrogens with zero attached hydrogens (tertiary/aromatic N) is 2. The van der Waals surface area contributed by atoms with Crippen molar-refractivity contribution in [2.45, 2.75) is 18.3 Å². The lowest BCUT2D eigenvalue weighted by Gasteiger charge is -2.37. The third-order valence-corrected chi connectivity index (χ3v) is 3.60. The molecule has 0 spiro atoms. The highest BCUT2D eigenvalue weighted by molar-refractivity contribution is 8.11. The van der Waals surface area contributed by atoms with Gasteiger partial charge in [-0.15, -0.1) is 12.6 Å². The van der Waals surface area contributed by atoms with Crippen LogP contribution < -0.4 is 5.43 Å². The predicted molar refractivity (Wildman–Crippen MR) is 79.3 cm³/mol. The number of nitrogens with one attached hydrogen (secondary N) is 1. The lowest BCUT2D eigenvalue weighted by Crippen LogP contribution is -2.49. The van der Waals surface area contributed by atoms with E-state index in [-0.39, 0.29) is 5.41 Å². The van der Waals surface area contributed by atoms with Crippen molar-refractivity contribution in [3.63, 3.8) is 0 Å². The van der Waals surface area contributed by atoms with Gasteiger partial charge < -0.3 is 5.43 Å². The predicted octanol–water partition coefficient (Wildman–Crippen LogP) is 2.26. The topological polar surface area (TPSA) is 39.1 Å². The largest absolute Gasteiger partial charge is 0.304 e. The monoisotopic (exact) mass is 277 g/mol. The summed E-state index contributed by atoms with van der Waals surface area (Å²) >= 11 is 8.96. The molecule has 1 fully saturated rings. The average molecular weight is 277 g/mol. The molecule has 94 valence electrons. The van der Waals surface area contributed by atoms with E-state index in [0.29, 0.717) is 4.32 Å². The first kappa shape index (κ1) is 13.3. The molecular formula is C13H15N3S2. The Hall–Kier alpha value is -1.09. The van der Waals surface area contributed by atoms with E-state index < -0.39 is 0 Å². The van der Waals surface area contributed by atoms with Gasteiger partial charge in [0.15, 0.2) is 0 Å². The Bertz CT molecular complexity index is 459. The second kappa shape index (κ2) is 5.70. The van der Waals surface area contributed by atoms with Crippen molar-refractivity contribution in [1.29, 1.82) is 5.26 Å². The lowest BCUT2D eigenvalue weighted by molar-refractivity contribution is 0.160. The Balaban J connectivity index is 2.10. The number of hydrogen-bond donors (Lipinski definition) is 2. The van der Waals surface area contributed by atoms with Crippen molar-refractivity contribution in [2.24, 2.45) is 0 Å². The van der Waals surface area contributed by atoms with Crippen molar-refractivity contribution in [2.75, 3.05) is 13.1 Å². The van der Waals surface area contributed by atoms with E-state index in [4.69, 9.17) is 12.2 Å². The highest BCUT2D eigenvalue weighted by atomic mass is 32.1. The highest BCUT2D eigenvalue weighted by Gasteiger charge is 2.36. The Morgan fingerprint density at radius 3 is 2.44 bits per heavy atom. The summed E-state index contributed by atoms with van der Waals surface area (Å²) in [4.78, 5) is 0. The van der Waals surface area contributed by atoms with Crippen molar-refractivity contribution in [3.8, 4) is 6.07 Å². The van der Waals surface area contributed by atoms with Crippen molar-refractivity contribution >= 4 is 29.2 Å². The van der Waals surface area contributed by atoms with Gasteiger partial charge in [-0.3, -0.25) is 0 Å². The molecule has 1 N–H and O–H groups in total.